The zero-order valence-electron chi connectivity index (χ0n) is 10.2. The first-order valence-corrected chi connectivity index (χ1v) is 6.92. The highest BCUT2D eigenvalue weighted by Crippen LogP contribution is 2.28. The SMILES string of the molecule is OC(CNc1ccc(F)cc1Cl)c1cc(Cl)ccc1Cl. The second-order valence-electron chi connectivity index (χ2n) is 4.19. The van der Waals surface area contributed by atoms with Gasteiger partial charge in [-0.05, 0) is 36.4 Å². The molecule has 106 valence electrons. The summed E-state index contributed by atoms with van der Waals surface area (Å²) < 4.78 is 12.9. The van der Waals surface area contributed by atoms with E-state index in [1.807, 2.05) is 0 Å². The first kappa shape index (κ1) is 15.4. The zero-order chi connectivity index (χ0) is 14.7. The summed E-state index contributed by atoms with van der Waals surface area (Å²) in [6, 6.07) is 8.85. The van der Waals surface area contributed by atoms with Gasteiger partial charge in [0.2, 0.25) is 0 Å². The van der Waals surface area contributed by atoms with Crippen LogP contribution in [0.2, 0.25) is 15.1 Å². The fourth-order valence-corrected chi connectivity index (χ4v) is 2.38. The third-order valence-electron chi connectivity index (χ3n) is 2.73. The molecule has 0 heterocycles. The van der Waals surface area contributed by atoms with Crippen molar-refractivity contribution in [2.45, 2.75) is 6.10 Å². The molecular weight excluding hydrogens is 324 g/mol. The van der Waals surface area contributed by atoms with E-state index in [9.17, 15) is 9.50 Å². The van der Waals surface area contributed by atoms with Crippen LogP contribution >= 0.6 is 34.8 Å². The number of hydrogen-bond donors (Lipinski definition) is 2. The van der Waals surface area contributed by atoms with Gasteiger partial charge in [0, 0.05) is 22.2 Å². The second-order valence-corrected chi connectivity index (χ2v) is 5.44. The van der Waals surface area contributed by atoms with Crippen molar-refractivity contribution in [2.75, 3.05) is 11.9 Å². The lowest BCUT2D eigenvalue weighted by Gasteiger charge is -2.15. The van der Waals surface area contributed by atoms with Crippen molar-refractivity contribution < 1.29 is 9.50 Å². The number of hydrogen-bond acceptors (Lipinski definition) is 2. The van der Waals surface area contributed by atoms with Crippen LogP contribution in [0.5, 0.6) is 0 Å². The average Bonchev–Trinajstić information content (AvgIpc) is 2.40. The molecule has 0 aliphatic rings. The molecule has 2 N–H and O–H groups in total. The number of rotatable bonds is 4. The number of aliphatic hydroxyl groups is 1. The van der Waals surface area contributed by atoms with E-state index in [4.69, 9.17) is 34.8 Å². The quantitative estimate of drug-likeness (QED) is 0.831. The predicted molar refractivity (Wildman–Crippen MR) is 81.3 cm³/mol. The van der Waals surface area contributed by atoms with E-state index >= 15 is 0 Å². The molecule has 1 atom stereocenters. The zero-order valence-corrected chi connectivity index (χ0v) is 12.5. The summed E-state index contributed by atoms with van der Waals surface area (Å²) in [5.41, 5.74) is 1.05. The number of benzene rings is 2. The van der Waals surface area contributed by atoms with Crippen LogP contribution in [0.25, 0.3) is 0 Å². The van der Waals surface area contributed by atoms with E-state index < -0.39 is 11.9 Å². The normalized spacial score (nSPS) is 12.2. The maximum atomic E-state index is 12.9. The summed E-state index contributed by atoms with van der Waals surface area (Å²) in [7, 11) is 0. The Morgan fingerprint density at radius 3 is 2.50 bits per heavy atom. The highest BCUT2D eigenvalue weighted by molar-refractivity contribution is 6.34. The van der Waals surface area contributed by atoms with Crippen LogP contribution < -0.4 is 5.32 Å². The molecule has 0 bridgehead atoms. The Balaban J connectivity index is 2.08. The van der Waals surface area contributed by atoms with Crippen LogP contribution in [0.1, 0.15) is 11.7 Å². The standard InChI is InChI=1S/C14H11Cl3FNO/c15-8-1-3-11(16)10(5-8)14(20)7-19-13-4-2-9(18)6-12(13)17/h1-6,14,19-20H,7H2. The van der Waals surface area contributed by atoms with Gasteiger partial charge in [-0.25, -0.2) is 4.39 Å². The van der Waals surface area contributed by atoms with Crippen LogP contribution in [-0.2, 0) is 0 Å². The molecule has 6 heteroatoms. The van der Waals surface area contributed by atoms with E-state index in [0.29, 0.717) is 21.3 Å². The Morgan fingerprint density at radius 2 is 1.80 bits per heavy atom. The van der Waals surface area contributed by atoms with Gasteiger partial charge in [-0.1, -0.05) is 34.8 Å². The maximum absolute atomic E-state index is 12.9. The van der Waals surface area contributed by atoms with Crippen molar-refractivity contribution in [1.29, 1.82) is 0 Å². The summed E-state index contributed by atoms with van der Waals surface area (Å²) in [6.07, 6.45) is -0.859. The molecule has 0 spiro atoms. The lowest BCUT2D eigenvalue weighted by atomic mass is 10.1. The Labute approximate surface area is 131 Å². The lowest BCUT2D eigenvalue weighted by molar-refractivity contribution is 0.192. The summed E-state index contributed by atoms with van der Waals surface area (Å²) in [5, 5.41) is 14.2. The largest absolute Gasteiger partial charge is 0.387 e. The van der Waals surface area contributed by atoms with Crippen LogP contribution in [0, 0.1) is 5.82 Å². The molecule has 0 aliphatic heterocycles. The lowest BCUT2D eigenvalue weighted by Crippen LogP contribution is -2.13. The first-order valence-electron chi connectivity index (χ1n) is 5.79. The van der Waals surface area contributed by atoms with Gasteiger partial charge in [-0.15, -0.1) is 0 Å². The van der Waals surface area contributed by atoms with Gasteiger partial charge in [-0.2, -0.15) is 0 Å². The van der Waals surface area contributed by atoms with Crippen molar-refractivity contribution in [1.82, 2.24) is 0 Å². The molecule has 2 rings (SSSR count). The molecule has 0 saturated carbocycles. The van der Waals surface area contributed by atoms with E-state index in [1.165, 1.54) is 18.2 Å². The smallest absolute Gasteiger partial charge is 0.124 e. The molecule has 20 heavy (non-hydrogen) atoms. The number of nitrogens with one attached hydrogen (secondary N) is 1. The molecule has 0 amide bonds. The van der Waals surface area contributed by atoms with E-state index in [-0.39, 0.29) is 11.6 Å². The van der Waals surface area contributed by atoms with Gasteiger partial charge in [0.15, 0.2) is 0 Å². The third kappa shape index (κ3) is 3.76. The van der Waals surface area contributed by atoms with Crippen molar-refractivity contribution in [3.63, 3.8) is 0 Å². The molecular formula is C14H11Cl3FNO. The molecule has 2 nitrogen and oxygen atoms in total. The van der Waals surface area contributed by atoms with Gasteiger partial charge in [0.25, 0.3) is 0 Å². The van der Waals surface area contributed by atoms with Gasteiger partial charge < -0.3 is 10.4 Å². The Morgan fingerprint density at radius 1 is 1.05 bits per heavy atom. The molecule has 0 radical (unpaired) electrons. The first-order chi connectivity index (χ1) is 9.47. The van der Waals surface area contributed by atoms with Crippen molar-refractivity contribution in [3.8, 4) is 0 Å². The number of halogens is 4. The summed E-state index contributed by atoms with van der Waals surface area (Å²) in [5.74, 6) is -0.418. The number of anilines is 1. The molecule has 0 aromatic heterocycles. The molecule has 0 saturated heterocycles. The Hall–Kier alpha value is -1.000. The minimum atomic E-state index is -0.859. The second kappa shape index (κ2) is 6.64. The fraction of sp³-hybridized carbons (Fsp3) is 0.143. The monoisotopic (exact) mass is 333 g/mol. The topological polar surface area (TPSA) is 32.3 Å². The van der Waals surface area contributed by atoms with Crippen molar-refractivity contribution in [2.24, 2.45) is 0 Å². The molecule has 2 aromatic rings. The molecule has 1 unspecified atom stereocenters. The fourth-order valence-electron chi connectivity index (χ4n) is 1.72. The minimum absolute atomic E-state index is 0.172. The van der Waals surface area contributed by atoms with Gasteiger partial charge in [-0.3, -0.25) is 0 Å². The minimum Gasteiger partial charge on any atom is -0.387 e. The summed E-state index contributed by atoms with van der Waals surface area (Å²) in [6.45, 7) is 0.172. The predicted octanol–water partition coefficient (Wildman–Crippen LogP) is 4.93. The van der Waals surface area contributed by atoms with E-state index in [0.717, 1.165) is 0 Å². The van der Waals surface area contributed by atoms with Crippen LogP contribution in [-0.4, -0.2) is 11.7 Å². The molecule has 2 aromatic carbocycles. The van der Waals surface area contributed by atoms with Gasteiger partial charge in [0.05, 0.1) is 16.8 Å². The highest BCUT2D eigenvalue weighted by Gasteiger charge is 2.13. The van der Waals surface area contributed by atoms with Crippen molar-refractivity contribution >= 4 is 40.5 Å². The summed E-state index contributed by atoms with van der Waals surface area (Å²) >= 11 is 17.8. The molecule has 0 fully saturated rings. The van der Waals surface area contributed by atoms with Gasteiger partial charge in [0.1, 0.15) is 5.82 Å². The van der Waals surface area contributed by atoms with E-state index in [1.54, 1.807) is 18.2 Å². The highest BCUT2D eigenvalue weighted by atomic mass is 35.5. The Kier molecular flexibility index (Phi) is 5.11. The molecule has 0 aliphatic carbocycles. The Bertz CT molecular complexity index is 621. The van der Waals surface area contributed by atoms with Crippen LogP contribution in [0.3, 0.4) is 0 Å². The average molecular weight is 335 g/mol. The third-order valence-corrected chi connectivity index (χ3v) is 3.63. The number of aliphatic hydroxyl groups excluding tert-OH is 1. The van der Waals surface area contributed by atoms with Crippen LogP contribution in [0.4, 0.5) is 10.1 Å². The van der Waals surface area contributed by atoms with Crippen LogP contribution in [0.15, 0.2) is 36.4 Å². The van der Waals surface area contributed by atoms with Crippen molar-refractivity contribution in [3.05, 3.63) is 62.8 Å². The van der Waals surface area contributed by atoms with E-state index in [2.05, 4.69) is 5.32 Å². The summed E-state index contributed by atoms with van der Waals surface area (Å²) in [4.78, 5) is 0. The van der Waals surface area contributed by atoms with Gasteiger partial charge >= 0.3 is 0 Å². The maximum Gasteiger partial charge on any atom is 0.124 e.